The van der Waals surface area contributed by atoms with Gasteiger partial charge in [0.25, 0.3) is 5.56 Å². The van der Waals surface area contributed by atoms with Crippen LogP contribution in [0.5, 0.6) is 5.75 Å². The molecular weight excluding hydrogens is 264 g/mol. The molecule has 0 saturated heterocycles. The van der Waals surface area contributed by atoms with E-state index in [9.17, 15) is 4.79 Å². The zero-order chi connectivity index (χ0) is 14.4. The Balaban J connectivity index is 2.15. The van der Waals surface area contributed by atoms with Crippen LogP contribution in [0.25, 0.3) is 16.7 Å². The molecule has 3 aromatic rings. The van der Waals surface area contributed by atoms with Crippen molar-refractivity contribution in [3.05, 3.63) is 64.6 Å². The molecule has 0 N–H and O–H groups in total. The van der Waals surface area contributed by atoms with E-state index in [1.54, 1.807) is 10.8 Å². The predicted octanol–water partition coefficient (Wildman–Crippen LogP) is 2.71. The summed E-state index contributed by atoms with van der Waals surface area (Å²) >= 11 is 0. The number of rotatable bonds is 1. The summed E-state index contributed by atoms with van der Waals surface area (Å²) in [5.41, 5.74) is 2.17. The van der Waals surface area contributed by atoms with Gasteiger partial charge in [-0.2, -0.15) is 0 Å². The van der Waals surface area contributed by atoms with Crippen LogP contribution in [0.2, 0.25) is 0 Å². The summed E-state index contributed by atoms with van der Waals surface area (Å²) in [7, 11) is 0. The van der Waals surface area contributed by atoms with Crippen LogP contribution in [-0.2, 0) is 6.42 Å². The number of hydrogen-bond donors (Lipinski definition) is 0. The quantitative estimate of drug-likeness (QED) is 0.687. The molecule has 104 valence electrons. The molecule has 0 saturated carbocycles. The number of pyridine rings is 2. The molecule has 4 rings (SSSR count). The van der Waals surface area contributed by atoms with Gasteiger partial charge in [-0.05, 0) is 31.2 Å². The van der Waals surface area contributed by atoms with Gasteiger partial charge < -0.3 is 4.74 Å². The summed E-state index contributed by atoms with van der Waals surface area (Å²) in [5.74, 6) is 0.697. The lowest BCUT2D eigenvalue weighted by Crippen LogP contribution is -2.22. The minimum Gasteiger partial charge on any atom is -0.489 e. The molecule has 4 nitrogen and oxygen atoms in total. The fraction of sp³-hybridized carbons (Fsp3) is 0.176. The minimum atomic E-state index is -0.0354. The van der Waals surface area contributed by atoms with Gasteiger partial charge in [-0.25, -0.2) is 4.98 Å². The fourth-order valence-electron chi connectivity index (χ4n) is 2.90. The average molecular weight is 278 g/mol. The van der Waals surface area contributed by atoms with Gasteiger partial charge in [0.2, 0.25) is 0 Å². The molecule has 1 aliphatic heterocycles. The Morgan fingerprint density at radius 3 is 2.81 bits per heavy atom. The number of ether oxygens (including phenoxy) is 1. The lowest BCUT2D eigenvalue weighted by atomic mass is 10.1. The lowest BCUT2D eigenvalue weighted by Gasteiger charge is -2.12. The Bertz CT molecular complexity index is 884. The van der Waals surface area contributed by atoms with Crippen molar-refractivity contribution in [1.29, 1.82) is 0 Å². The smallest absolute Gasteiger partial charge is 0.263 e. The molecular formula is C17H14N2O2. The van der Waals surface area contributed by atoms with Crippen molar-refractivity contribution in [2.24, 2.45) is 0 Å². The van der Waals surface area contributed by atoms with Crippen LogP contribution in [0.3, 0.4) is 0 Å². The van der Waals surface area contributed by atoms with Gasteiger partial charge in [0, 0.05) is 12.6 Å². The Morgan fingerprint density at radius 1 is 1.19 bits per heavy atom. The SMILES string of the molecule is CC1Cc2c(c3cccnc3n(-c3ccccc3)c2=O)O1. The molecule has 0 aliphatic carbocycles. The average Bonchev–Trinajstić information content (AvgIpc) is 2.91. The monoisotopic (exact) mass is 278 g/mol. The maximum absolute atomic E-state index is 12.9. The van der Waals surface area contributed by atoms with Crippen molar-refractivity contribution in [1.82, 2.24) is 9.55 Å². The molecule has 0 spiro atoms. The van der Waals surface area contributed by atoms with Crippen LogP contribution in [-0.4, -0.2) is 15.7 Å². The van der Waals surface area contributed by atoms with E-state index in [1.807, 2.05) is 49.4 Å². The molecule has 1 aliphatic rings. The number of hydrogen-bond acceptors (Lipinski definition) is 3. The lowest BCUT2D eigenvalue weighted by molar-refractivity contribution is 0.257. The molecule has 4 heteroatoms. The highest BCUT2D eigenvalue weighted by molar-refractivity contribution is 5.85. The molecule has 1 atom stereocenters. The topological polar surface area (TPSA) is 44.1 Å². The maximum atomic E-state index is 12.9. The minimum absolute atomic E-state index is 0.0303. The zero-order valence-electron chi connectivity index (χ0n) is 11.6. The van der Waals surface area contributed by atoms with E-state index in [4.69, 9.17) is 4.74 Å². The second-order valence-corrected chi connectivity index (χ2v) is 5.29. The first-order valence-electron chi connectivity index (χ1n) is 7.00. The third-order valence-corrected chi connectivity index (χ3v) is 3.80. The molecule has 3 heterocycles. The van der Waals surface area contributed by atoms with Crippen molar-refractivity contribution in [2.45, 2.75) is 19.4 Å². The van der Waals surface area contributed by atoms with Crippen LogP contribution in [0.1, 0.15) is 12.5 Å². The standard InChI is InChI=1S/C17H14N2O2/c1-11-10-14-15(21-11)13-8-5-9-18-16(13)19(17(14)20)12-6-3-2-4-7-12/h2-9,11H,10H2,1H3. The van der Waals surface area contributed by atoms with Gasteiger partial charge in [-0.1, -0.05) is 18.2 Å². The van der Waals surface area contributed by atoms with Crippen molar-refractivity contribution in [3.63, 3.8) is 0 Å². The molecule has 0 fully saturated rings. The highest BCUT2D eigenvalue weighted by Gasteiger charge is 2.27. The number of para-hydroxylation sites is 1. The normalized spacial score (nSPS) is 16.7. The van der Waals surface area contributed by atoms with Gasteiger partial charge in [0.15, 0.2) is 5.65 Å². The number of benzene rings is 1. The molecule has 1 aromatic carbocycles. The molecule has 2 aromatic heterocycles. The first kappa shape index (κ1) is 12.1. The predicted molar refractivity (Wildman–Crippen MR) is 81.1 cm³/mol. The van der Waals surface area contributed by atoms with E-state index >= 15 is 0 Å². The number of aromatic nitrogens is 2. The van der Waals surface area contributed by atoms with E-state index in [-0.39, 0.29) is 11.7 Å². The second kappa shape index (κ2) is 4.45. The summed E-state index contributed by atoms with van der Waals surface area (Å²) in [4.78, 5) is 17.3. The maximum Gasteiger partial charge on any atom is 0.263 e. The van der Waals surface area contributed by atoms with Crippen LogP contribution in [0, 0.1) is 0 Å². The molecule has 0 amide bonds. The zero-order valence-corrected chi connectivity index (χ0v) is 11.6. The largest absolute Gasteiger partial charge is 0.489 e. The highest BCUT2D eigenvalue weighted by Crippen LogP contribution is 2.33. The Labute approximate surface area is 121 Å². The summed E-state index contributed by atoms with van der Waals surface area (Å²) in [6.07, 6.45) is 2.38. The summed E-state index contributed by atoms with van der Waals surface area (Å²) in [6, 6.07) is 13.4. The van der Waals surface area contributed by atoms with Gasteiger partial charge >= 0.3 is 0 Å². The molecule has 0 radical (unpaired) electrons. The van der Waals surface area contributed by atoms with Gasteiger partial charge in [-0.3, -0.25) is 9.36 Å². The third-order valence-electron chi connectivity index (χ3n) is 3.80. The van der Waals surface area contributed by atoms with E-state index in [0.717, 1.165) is 16.6 Å². The molecule has 0 bridgehead atoms. The van der Waals surface area contributed by atoms with Crippen LogP contribution < -0.4 is 10.3 Å². The van der Waals surface area contributed by atoms with Crippen molar-refractivity contribution < 1.29 is 4.74 Å². The van der Waals surface area contributed by atoms with Gasteiger partial charge in [-0.15, -0.1) is 0 Å². The molecule has 21 heavy (non-hydrogen) atoms. The number of nitrogens with zero attached hydrogens (tertiary/aromatic N) is 2. The second-order valence-electron chi connectivity index (χ2n) is 5.29. The third kappa shape index (κ3) is 1.76. The highest BCUT2D eigenvalue weighted by atomic mass is 16.5. The van der Waals surface area contributed by atoms with E-state index < -0.39 is 0 Å². The van der Waals surface area contributed by atoms with Crippen molar-refractivity contribution >= 4 is 11.0 Å². The fourth-order valence-corrected chi connectivity index (χ4v) is 2.90. The summed E-state index contributed by atoms with van der Waals surface area (Å²) in [5, 5.41) is 0.889. The van der Waals surface area contributed by atoms with Crippen LogP contribution in [0.4, 0.5) is 0 Å². The summed E-state index contributed by atoms with van der Waals surface area (Å²) in [6.45, 7) is 1.98. The van der Waals surface area contributed by atoms with E-state index in [2.05, 4.69) is 4.98 Å². The number of fused-ring (bicyclic) bond motifs is 3. The summed E-state index contributed by atoms with van der Waals surface area (Å²) < 4.78 is 7.51. The van der Waals surface area contributed by atoms with Gasteiger partial charge in [0.05, 0.1) is 16.6 Å². The first-order chi connectivity index (χ1) is 10.3. The Morgan fingerprint density at radius 2 is 2.00 bits per heavy atom. The van der Waals surface area contributed by atoms with E-state index in [0.29, 0.717) is 17.8 Å². The van der Waals surface area contributed by atoms with Crippen LogP contribution >= 0.6 is 0 Å². The van der Waals surface area contributed by atoms with Gasteiger partial charge in [0.1, 0.15) is 11.9 Å². The van der Waals surface area contributed by atoms with Crippen molar-refractivity contribution in [2.75, 3.05) is 0 Å². The molecule has 1 unspecified atom stereocenters. The van der Waals surface area contributed by atoms with Crippen LogP contribution in [0.15, 0.2) is 53.5 Å². The van der Waals surface area contributed by atoms with E-state index in [1.165, 1.54) is 0 Å². The Hall–Kier alpha value is -2.62. The Kier molecular flexibility index (Phi) is 2.57. The van der Waals surface area contributed by atoms with Crippen molar-refractivity contribution in [3.8, 4) is 11.4 Å². The first-order valence-corrected chi connectivity index (χ1v) is 7.00.